The first-order valence-corrected chi connectivity index (χ1v) is 11.0. The van der Waals surface area contributed by atoms with E-state index in [2.05, 4.69) is 43.1 Å². The Morgan fingerprint density at radius 2 is 1.64 bits per heavy atom. The molecule has 1 N–H and O–H groups in total. The molecule has 0 radical (unpaired) electrons. The number of aliphatic hydroxyl groups excluding tert-OH is 1. The van der Waals surface area contributed by atoms with E-state index in [4.69, 9.17) is 9.84 Å². The lowest BCUT2D eigenvalue weighted by Crippen LogP contribution is -2.00. The fourth-order valence-corrected chi connectivity index (χ4v) is 4.13. The number of rotatable bonds is 10. The molecule has 0 unspecified atom stereocenters. The van der Waals surface area contributed by atoms with Crippen LogP contribution in [0.3, 0.4) is 0 Å². The van der Waals surface area contributed by atoms with Crippen LogP contribution in [0.5, 0.6) is 5.75 Å². The van der Waals surface area contributed by atoms with Crippen molar-refractivity contribution in [1.82, 2.24) is 4.98 Å². The average Bonchev–Trinajstić information content (AvgIpc) is 3.22. The van der Waals surface area contributed by atoms with E-state index in [1.165, 1.54) is 48.1 Å². The number of aliphatic hydroxyl groups is 1. The highest BCUT2D eigenvalue weighted by Crippen LogP contribution is 2.27. The molecule has 0 fully saturated rings. The Kier molecular flexibility index (Phi) is 7.63. The molecule has 28 heavy (non-hydrogen) atoms. The monoisotopic (exact) mass is 395 g/mol. The molecule has 0 amide bonds. The topological polar surface area (TPSA) is 42.4 Å². The van der Waals surface area contributed by atoms with Crippen molar-refractivity contribution in [3.05, 3.63) is 70.0 Å². The molecule has 0 spiro atoms. The summed E-state index contributed by atoms with van der Waals surface area (Å²) < 4.78 is 5.95. The van der Waals surface area contributed by atoms with Gasteiger partial charge < -0.3 is 9.84 Å². The first-order chi connectivity index (χ1) is 13.7. The van der Waals surface area contributed by atoms with Crippen LogP contribution in [0.25, 0.3) is 11.3 Å². The minimum absolute atomic E-state index is 0.0116. The molecule has 1 heterocycles. The van der Waals surface area contributed by atoms with Gasteiger partial charge in [0.1, 0.15) is 17.4 Å². The minimum atomic E-state index is -0.0116. The molecule has 0 aliphatic heterocycles. The Hall–Kier alpha value is -2.17. The summed E-state index contributed by atoms with van der Waals surface area (Å²) in [4.78, 5) is 4.40. The van der Waals surface area contributed by atoms with Crippen molar-refractivity contribution in [1.29, 1.82) is 0 Å². The third-order valence-electron chi connectivity index (χ3n) is 4.97. The van der Waals surface area contributed by atoms with Crippen LogP contribution in [0.15, 0.2) is 53.9 Å². The number of aromatic nitrogens is 1. The van der Waals surface area contributed by atoms with E-state index in [0.717, 1.165) is 22.0 Å². The largest absolute Gasteiger partial charge is 0.489 e. The summed E-state index contributed by atoms with van der Waals surface area (Å²) in [7, 11) is 0. The lowest BCUT2D eigenvalue weighted by molar-refractivity contribution is 0.281. The molecule has 3 nitrogen and oxygen atoms in total. The zero-order chi connectivity index (χ0) is 19.8. The molecule has 0 saturated carbocycles. The fourth-order valence-electron chi connectivity index (χ4n) is 3.47. The molecule has 3 rings (SSSR count). The number of hydrogen-bond donors (Lipinski definition) is 1. The van der Waals surface area contributed by atoms with E-state index in [-0.39, 0.29) is 6.61 Å². The van der Waals surface area contributed by atoms with Gasteiger partial charge in [0.2, 0.25) is 0 Å². The highest BCUT2D eigenvalue weighted by Gasteiger charge is 2.09. The third kappa shape index (κ3) is 5.43. The number of benzene rings is 2. The van der Waals surface area contributed by atoms with Gasteiger partial charge in [-0.2, -0.15) is 0 Å². The van der Waals surface area contributed by atoms with Gasteiger partial charge in [0, 0.05) is 10.9 Å². The molecule has 2 aromatic carbocycles. The number of ether oxygens (including phenoxy) is 1. The van der Waals surface area contributed by atoms with Crippen molar-refractivity contribution < 1.29 is 9.84 Å². The Morgan fingerprint density at radius 3 is 2.21 bits per heavy atom. The van der Waals surface area contributed by atoms with Crippen molar-refractivity contribution in [3.8, 4) is 17.0 Å². The van der Waals surface area contributed by atoms with Gasteiger partial charge in [0.05, 0.1) is 12.3 Å². The first-order valence-electron chi connectivity index (χ1n) is 10.1. The number of nitrogens with zero attached hydrogens (tertiary/aromatic N) is 1. The van der Waals surface area contributed by atoms with Crippen LogP contribution in [-0.2, 0) is 13.2 Å². The van der Waals surface area contributed by atoms with Crippen molar-refractivity contribution in [2.75, 3.05) is 0 Å². The van der Waals surface area contributed by atoms with Crippen LogP contribution < -0.4 is 4.74 Å². The average molecular weight is 396 g/mol. The van der Waals surface area contributed by atoms with Crippen molar-refractivity contribution in [2.45, 2.75) is 58.7 Å². The molecule has 0 aliphatic rings. The lowest BCUT2D eigenvalue weighted by Gasteiger charge is -2.16. The summed E-state index contributed by atoms with van der Waals surface area (Å²) >= 11 is 1.47. The van der Waals surface area contributed by atoms with Gasteiger partial charge in [-0.15, -0.1) is 11.3 Å². The second-order valence-corrected chi connectivity index (χ2v) is 8.06. The maximum Gasteiger partial charge on any atom is 0.119 e. The molecular weight excluding hydrogens is 366 g/mol. The summed E-state index contributed by atoms with van der Waals surface area (Å²) in [6, 6.07) is 16.9. The maximum atomic E-state index is 9.15. The predicted octanol–water partition coefficient (Wildman–Crippen LogP) is 6.57. The summed E-state index contributed by atoms with van der Waals surface area (Å²) in [6.45, 7) is 5.08. The van der Waals surface area contributed by atoms with Crippen LogP contribution in [-0.4, -0.2) is 10.1 Å². The zero-order valence-electron chi connectivity index (χ0n) is 16.7. The van der Waals surface area contributed by atoms with Gasteiger partial charge in [0.15, 0.2) is 0 Å². The molecule has 0 saturated heterocycles. The quantitative estimate of drug-likeness (QED) is 0.422. The fraction of sp³-hybridized carbons (Fsp3) is 0.375. The SMILES string of the molecule is CCCC(CCC)c1ccc(COc2ccc(-c3csc(CO)n3)cc2)cc1. The highest BCUT2D eigenvalue weighted by atomic mass is 32.1. The van der Waals surface area contributed by atoms with E-state index in [0.29, 0.717) is 12.5 Å². The molecule has 1 aromatic heterocycles. The second kappa shape index (κ2) is 10.4. The summed E-state index contributed by atoms with van der Waals surface area (Å²) in [5.74, 6) is 1.52. The van der Waals surface area contributed by atoms with E-state index in [1.54, 1.807) is 0 Å². The third-order valence-corrected chi connectivity index (χ3v) is 5.80. The molecule has 148 valence electrons. The number of hydrogen-bond acceptors (Lipinski definition) is 4. The molecule has 0 bridgehead atoms. The lowest BCUT2D eigenvalue weighted by atomic mass is 9.90. The van der Waals surface area contributed by atoms with E-state index < -0.39 is 0 Å². The Labute approximate surface area is 172 Å². The van der Waals surface area contributed by atoms with E-state index in [9.17, 15) is 0 Å². The Bertz CT molecular complexity index is 834. The van der Waals surface area contributed by atoms with Crippen LogP contribution in [0.2, 0.25) is 0 Å². The van der Waals surface area contributed by atoms with Gasteiger partial charge in [-0.3, -0.25) is 0 Å². The van der Waals surface area contributed by atoms with Gasteiger partial charge in [-0.25, -0.2) is 4.98 Å². The Balaban J connectivity index is 1.57. The predicted molar refractivity (Wildman–Crippen MR) is 117 cm³/mol. The molecule has 4 heteroatoms. The molecule has 3 aromatic rings. The smallest absolute Gasteiger partial charge is 0.119 e. The molecule has 0 atom stereocenters. The van der Waals surface area contributed by atoms with Gasteiger partial charge in [-0.05, 0) is 54.2 Å². The minimum Gasteiger partial charge on any atom is -0.489 e. The van der Waals surface area contributed by atoms with Crippen LogP contribution in [0, 0.1) is 0 Å². The second-order valence-electron chi connectivity index (χ2n) is 7.11. The standard InChI is InChI=1S/C24H29NO2S/c1-3-5-19(6-4-2)20-9-7-18(8-10-20)16-27-22-13-11-21(12-14-22)23-17-28-24(15-26)25-23/h7-14,17,19,26H,3-6,15-16H2,1-2H3. The summed E-state index contributed by atoms with van der Waals surface area (Å²) in [5.41, 5.74) is 4.56. The van der Waals surface area contributed by atoms with Crippen LogP contribution >= 0.6 is 11.3 Å². The van der Waals surface area contributed by atoms with Gasteiger partial charge in [0.25, 0.3) is 0 Å². The summed E-state index contributed by atoms with van der Waals surface area (Å²) in [5, 5.41) is 11.8. The van der Waals surface area contributed by atoms with Crippen LogP contribution in [0.4, 0.5) is 0 Å². The van der Waals surface area contributed by atoms with Gasteiger partial charge >= 0.3 is 0 Å². The van der Waals surface area contributed by atoms with E-state index >= 15 is 0 Å². The van der Waals surface area contributed by atoms with Gasteiger partial charge in [-0.1, -0.05) is 51.0 Å². The van der Waals surface area contributed by atoms with Crippen molar-refractivity contribution >= 4 is 11.3 Å². The number of thiazole rings is 1. The zero-order valence-corrected chi connectivity index (χ0v) is 17.5. The maximum absolute atomic E-state index is 9.15. The highest BCUT2D eigenvalue weighted by molar-refractivity contribution is 7.09. The first kappa shape index (κ1) is 20.6. The summed E-state index contributed by atoms with van der Waals surface area (Å²) in [6.07, 6.45) is 4.98. The molecular formula is C24H29NO2S. The molecule has 0 aliphatic carbocycles. The van der Waals surface area contributed by atoms with Crippen molar-refractivity contribution in [3.63, 3.8) is 0 Å². The Morgan fingerprint density at radius 1 is 0.964 bits per heavy atom. The van der Waals surface area contributed by atoms with Crippen molar-refractivity contribution in [2.24, 2.45) is 0 Å². The normalized spacial score (nSPS) is 11.1. The van der Waals surface area contributed by atoms with Crippen LogP contribution in [0.1, 0.15) is 61.6 Å². The van der Waals surface area contributed by atoms with E-state index in [1.807, 2.05) is 29.6 Å².